The summed E-state index contributed by atoms with van der Waals surface area (Å²) in [5.74, 6) is -0.405. The van der Waals surface area contributed by atoms with Gasteiger partial charge in [-0.05, 0) is 43.9 Å². The van der Waals surface area contributed by atoms with Crippen molar-refractivity contribution in [3.05, 3.63) is 0 Å². The molecular weight excluding hydrogens is 276 g/mol. The molecule has 0 radical (unpaired) electrons. The largest absolute Gasteiger partial charge is 0.481 e. The molecular formula is C15H28O4S. The van der Waals surface area contributed by atoms with Crippen LogP contribution in [0.4, 0.5) is 0 Å². The Kier molecular flexibility index (Phi) is 6.49. The predicted octanol–water partition coefficient (Wildman–Crippen LogP) is 3.12. The number of sulfone groups is 1. The number of carboxylic acids is 1. The van der Waals surface area contributed by atoms with E-state index in [-0.39, 0.29) is 11.2 Å². The first-order chi connectivity index (χ1) is 9.31. The normalized spacial score (nSPS) is 20.4. The van der Waals surface area contributed by atoms with E-state index in [2.05, 4.69) is 0 Å². The molecule has 20 heavy (non-hydrogen) atoms. The summed E-state index contributed by atoms with van der Waals surface area (Å²) in [5, 5.41) is 8.78. The minimum Gasteiger partial charge on any atom is -0.481 e. The fourth-order valence-electron chi connectivity index (χ4n) is 2.80. The van der Waals surface area contributed by atoms with Crippen molar-refractivity contribution in [1.29, 1.82) is 0 Å². The van der Waals surface area contributed by atoms with Crippen LogP contribution >= 0.6 is 0 Å². The van der Waals surface area contributed by atoms with Crippen molar-refractivity contribution in [1.82, 2.24) is 0 Å². The summed E-state index contributed by atoms with van der Waals surface area (Å²) in [4.78, 5) is 11.0. The molecule has 3 unspecified atom stereocenters. The average molecular weight is 304 g/mol. The third-order valence-electron chi connectivity index (χ3n) is 4.61. The van der Waals surface area contributed by atoms with Gasteiger partial charge in [0.2, 0.25) is 0 Å². The SMILES string of the molecule is CCC(CCC(CC)S(=O)(=O)CC1CC1)C(C)C(=O)O. The van der Waals surface area contributed by atoms with E-state index in [1.54, 1.807) is 6.92 Å². The Bertz CT molecular complexity index is 412. The van der Waals surface area contributed by atoms with Crippen molar-refractivity contribution in [2.45, 2.75) is 64.5 Å². The summed E-state index contributed by atoms with van der Waals surface area (Å²) >= 11 is 0. The zero-order valence-corrected chi connectivity index (χ0v) is 13.7. The van der Waals surface area contributed by atoms with Gasteiger partial charge in [0.05, 0.1) is 16.9 Å². The monoisotopic (exact) mass is 304 g/mol. The molecule has 0 bridgehead atoms. The molecule has 118 valence electrons. The highest BCUT2D eigenvalue weighted by molar-refractivity contribution is 7.92. The molecule has 0 aromatic rings. The van der Waals surface area contributed by atoms with Crippen LogP contribution in [0.15, 0.2) is 0 Å². The highest BCUT2D eigenvalue weighted by Crippen LogP contribution is 2.33. The molecule has 0 saturated heterocycles. The smallest absolute Gasteiger partial charge is 0.306 e. The third kappa shape index (κ3) is 5.08. The second-order valence-electron chi connectivity index (χ2n) is 6.18. The van der Waals surface area contributed by atoms with Crippen molar-refractivity contribution in [2.75, 3.05) is 5.75 Å². The first-order valence-electron chi connectivity index (χ1n) is 7.76. The Labute approximate surface area is 122 Å². The number of hydrogen-bond donors (Lipinski definition) is 1. The van der Waals surface area contributed by atoms with E-state index in [4.69, 9.17) is 5.11 Å². The fourth-order valence-corrected chi connectivity index (χ4v) is 5.06. The summed E-state index contributed by atoms with van der Waals surface area (Å²) < 4.78 is 24.6. The van der Waals surface area contributed by atoms with Crippen LogP contribution in [0.25, 0.3) is 0 Å². The maximum absolute atomic E-state index is 12.3. The maximum Gasteiger partial charge on any atom is 0.306 e. The Balaban J connectivity index is 2.56. The van der Waals surface area contributed by atoms with E-state index in [9.17, 15) is 13.2 Å². The van der Waals surface area contributed by atoms with Crippen LogP contribution in [0, 0.1) is 17.8 Å². The predicted molar refractivity (Wildman–Crippen MR) is 80.4 cm³/mol. The number of hydrogen-bond acceptors (Lipinski definition) is 3. The van der Waals surface area contributed by atoms with Crippen LogP contribution in [0.1, 0.15) is 59.3 Å². The van der Waals surface area contributed by atoms with Gasteiger partial charge in [-0.2, -0.15) is 0 Å². The zero-order chi connectivity index (χ0) is 15.3. The van der Waals surface area contributed by atoms with Crippen molar-refractivity contribution >= 4 is 15.8 Å². The lowest BCUT2D eigenvalue weighted by Crippen LogP contribution is -2.27. The van der Waals surface area contributed by atoms with Gasteiger partial charge in [0, 0.05) is 0 Å². The number of rotatable bonds is 10. The minimum absolute atomic E-state index is 0.0673. The van der Waals surface area contributed by atoms with Gasteiger partial charge in [0.15, 0.2) is 9.84 Å². The lowest BCUT2D eigenvalue weighted by atomic mass is 9.87. The van der Waals surface area contributed by atoms with Gasteiger partial charge in [0.25, 0.3) is 0 Å². The lowest BCUT2D eigenvalue weighted by Gasteiger charge is -2.22. The second kappa shape index (κ2) is 7.43. The molecule has 0 heterocycles. The molecule has 1 rings (SSSR count). The third-order valence-corrected chi connectivity index (χ3v) is 7.13. The molecule has 3 atom stereocenters. The first-order valence-corrected chi connectivity index (χ1v) is 9.47. The Morgan fingerprint density at radius 2 is 1.80 bits per heavy atom. The van der Waals surface area contributed by atoms with Gasteiger partial charge in [-0.15, -0.1) is 0 Å². The van der Waals surface area contributed by atoms with Crippen LogP contribution in [-0.4, -0.2) is 30.5 Å². The maximum atomic E-state index is 12.3. The Morgan fingerprint density at radius 1 is 1.20 bits per heavy atom. The lowest BCUT2D eigenvalue weighted by molar-refractivity contribution is -0.143. The van der Waals surface area contributed by atoms with Crippen LogP contribution in [0.5, 0.6) is 0 Å². The molecule has 0 aromatic heterocycles. The summed E-state index contributed by atoms with van der Waals surface area (Å²) in [7, 11) is -3.01. The standard InChI is InChI=1S/C15H28O4S/c1-4-13(11(3)15(16)17)8-9-14(5-2)20(18,19)10-12-6-7-12/h11-14H,4-10H2,1-3H3,(H,16,17). The van der Waals surface area contributed by atoms with Crippen LogP contribution in [0.3, 0.4) is 0 Å². The van der Waals surface area contributed by atoms with E-state index in [0.29, 0.717) is 30.9 Å². The van der Waals surface area contributed by atoms with Gasteiger partial charge in [0.1, 0.15) is 0 Å². The molecule has 1 saturated carbocycles. The second-order valence-corrected chi connectivity index (χ2v) is 8.50. The molecule has 0 aromatic carbocycles. The van der Waals surface area contributed by atoms with Crippen molar-refractivity contribution < 1.29 is 18.3 Å². The molecule has 0 aliphatic heterocycles. The van der Waals surface area contributed by atoms with E-state index in [1.165, 1.54) is 0 Å². The Hall–Kier alpha value is -0.580. The minimum atomic E-state index is -3.01. The number of aliphatic carboxylic acids is 1. The molecule has 0 amide bonds. The van der Waals surface area contributed by atoms with E-state index >= 15 is 0 Å². The number of carbonyl (C=O) groups is 1. The molecule has 1 fully saturated rings. The van der Waals surface area contributed by atoms with E-state index < -0.39 is 21.7 Å². The summed E-state index contributed by atoms with van der Waals surface area (Å²) in [5.41, 5.74) is 0. The van der Waals surface area contributed by atoms with Gasteiger partial charge in [-0.3, -0.25) is 4.79 Å². The molecule has 1 N–H and O–H groups in total. The van der Waals surface area contributed by atoms with Gasteiger partial charge in [-0.1, -0.05) is 27.2 Å². The molecule has 4 nitrogen and oxygen atoms in total. The van der Waals surface area contributed by atoms with Gasteiger partial charge >= 0.3 is 5.97 Å². The molecule has 1 aliphatic rings. The summed E-state index contributed by atoms with van der Waals surface area (Å²) in [6.45, 7) is 5.61. The molecule has 0 spiro atoms. The topological polar surface area (TPSA) is 71.4 Å². The van der Waals surface area contributed by atoms with Crippen LogP contribution in [0.2, 0.25) is 0 Å². The molecule has 1 aliphatic carbocycles. The number of carboxylic acid groups (broad SMARTS) is 1. The zero-order valence-electron chi connectivity index (χ0n) is 12.8. The Morgan fingerprint density at radius 3 is 2.20 bits per heavy atom. The summed E-state index contributed by atoms with van der Waals surface area (Å²) in [6, 6.07) is 0. The van der Waals surface area contributed by atoms with Crippen LogP contribution in [-0.2, 0) is 14.6 Å². The quantitative estimate of drug-likeness (QED) is 0.673. The fraction of sp³-hybridized carbons (Fsp3) is 0.933. The van der Waals surface area contributed by atoms with Crippen molar-refractivity contribution in [3.8, 4) is 0 Å². The van der Waals surface area contributed by atoms with Gasteiger partial charge < -0.3 is 5.11 Å². The first kappa shape index (κ1) is 17.5. The highest BCUT2D eigenvalue weighted by atomic mass is 32.2. The van der Waals surface area contributed by atoms with Crippen molar-refractivity contribution in [2.24, 2.45) is 17.8 Å². The van der Waals surface area contributed by atoms with Gasteiger partial charge in [-0.25, -0.2) is 8.42 Å². The molecule has 5 heteroatoms. The highest BCUT2D eigenvalue weighted by Gasteiger charge is 2.33. The average Bonchev–Trinajstić information content (AvgIpc) is 3.16. The van der Waals surface area contributed by atoms with Crippen LogP contribution < -0.4 is 0 Å². The van der Waals surface area contributed by atoms with Crippen molar-refractivity contribution in [3.63, 3.8) is 0 Å². The van der Waals surface area contributed by atoms with E-state index in [0.717, 1.165) is 19.3 Å². The summed E-state index contributed by atoms with van der Waals surface area (Å²) in [6.07, 6.45) is 4.79. The van der Waals surface area contributed by atoms with E-state index in [1.807, 2.05) is 13.8 Å².